The highest BCUT2D eigenvalue weighted by Crippen LogP contribution is 2.36. The number of ether oxygens (including phenoxy) is 2. The zero-order chi connectivity index (χ0) is 20.9. The first-order chi connectivity index (χ1) is 13.2. The van der Waals surface area contributed by atoms with Gasteiger partial charge in [0.15, 0.2) is 17.3 Å². The van der Waals surface area contributed by atoms with Gasteiger partial charge >= 0.3 is 5.97 Å². The number of Topliss-reactive ketones (excluding diaryl/α,β-unsaturated/α-hetero) is 1. The van der Waals surface area contributed by atoms with Crippen LogP contribution in [0.2, 0.25) is 0 Å². The number of nitrogens with one attached hydrogen (secondary N) is 1. The topological polar surface area (TPSA) is 119 Å². The molecule has 0 spiro atoms. The van der Waals surface area contributed by atoms with Crippen LogP contribution in [-0.4, -0.2) is 39.5 Å². The van der Waals surface area contributed by atoms with Gasteiger partial charge in [0.25, 0.3) is 10.0 Å². The van der Waals surface area contributed by atoms with E-state index in [1.54, 1.807) is 0 Å². The minimum absolute atomic E-state index is 0.0252. The van der Waals surface area contributed by atoms with E-state index in [4.69, 9.17) is 14.6 Å². The van der Waals surface area contributed by atoms with Crippen molar-refractivity contribution in [1.82, 2.24) is 0 Å². The van der Waals surface area contributed by atoms with Crippen LogP contribution in [0.25, 0.3) is 6.08 Å². The van der Waals surface area contributed by atoms with Crippen LogP contribution in [0.15, 0.2) is 47.4 Å². The van der Waals surface area contributed by atoms with Gasteiger partial charge in [-0.2, -0.15) is 0 Å². The summed E-state index contributed by atoms with van der Waals surface area (Å²) in [6, 6.07) is 8.67. The third-order valence-electron chi connectivity index (χ3n) is 3.72. The molecule has 0 heterocycles. The van der Waals surface area contributed by atoms with Crippen LogP contribution in [0.3, 0.4) is 0 Å². The van der Waals surface area contributed by atoms with E-state index in [0.717, 1.165) is 6.08 Å². The number of carboxylic acids is 1. The minimum atomic E-state index is -4.10. The average molecular weight is 405 g/mol. The molecule has 28 heavy (non-hydrogen) atoms. The van der Waals surface area contributed by atoms with Crippen molar-refractivity contribution in [1.29, 1.82) is 0 Å². The molecule has 2 N–H and O–H groups in total. The third kappa shape index (κ3) is 4.89. The Morgan fingerprint density at radius 1 is 1.07 bits per heavy atom. The van der Waals surface area contributed by atoms with E-state index >= 15 is 0 Å². The maximum absolute atomic E-state index is 12.9. The van der Waals surface area contributed by atoms with Crippen LogP contribution in [0.1, 0.15) is 22.8 Å². The number of ketones is 1. The molecular weight excluding hydrogens is 386 g/mol. The van der Waals surface area contributed by atoms with E-state index in [1.807, 2.05) is 0 Å². The van der Waals surface area contributed by atoms with Crippen molar-refractivity contribution >= 4 is 33.5 Å². The molecule has 0 amide bonds. The monoisotopic (exact) mass is 405 g/mol. The molecule has 0 aliphatic heterocycles. The number of hydrogen-bond acceptors (Lipinski definition) is 6. The smallest absolute Gasteiger partial charge is 0.328 e. The first kappa shape index (κ1) is 21.0. The number of aliphatic carboxylic acids is 1. The van der Waals surface area contributed by atoms with Gasteiger partial charge in [0.05, 0.1) is 14.2 Å². The molecule has 0 radical (unpaired) electrons. The van der Waals surface area contributed by atoms with Crippen LogP contribution in [-0.2, 0) is 14.8 Å². The molecule has 0 unspecified atom stereocenters. The van der Waals surface area contributed by atoms with Crippen molar-refractivity contribution in [3.05, 3.63) is 53.6 Å². The van der Waals surface area contributed by atoms with Crippen molar-refractivity contribution < 1.29 is 32.6 Å². The molecule has 0 atom stereocenters. The molecule has 0 fully saturated rings. The summed E-state index contributed by atoms with van der Waals surface area (Å²) in [4.78, 5) is 21.9. The van der Waals surface area contributed by atoms with Gasteiger partial charge in [-0.1, -0.05) is 0 Å². The molecule has 0 bridgehead atoms. The van der Waals surface area contributed by atoms with Gasteiger partial charge in [0.1, 0.15) is 4.90 Å². The summed E-state index contributed by atoms with van der Waals surface area (Å²) >= 11 is 0. The van der Waals surface area contributed by atoms with Crippen LogP contribution in [0, 0.1) is 0 Å². The molecule has 2 aromatic carbocycles. The van der Waals surface area contributed by atoms with Gasteiger partial charge in [-0.05, 0) is 55.0 Å². The molecule has 8 nitrogen and oxygen atoms in total. The summed E-state index contributed by atoms with van der Waals surface area (Å²) in [6.07, 6.45) is 2.12. The molecule has 2 aromatic rings. The predicted molar refractivity (Wildman–Crippen MR) is 103 cm³/mol. The van der Waals surface area contributed by atoms with Crippen molar-refractivity contribution in [2.24, 2.45) is 0 Å². The highest BCUT2D eigenvalue weighted by molar-refractivity contribution is 7.92. The number of methoxy groups -OCH3 is 2. The number of benzene rings is 2. The molecular formula is C19H19NO7S. The Bertz CT molecular complexity index is 1020. The number of hydrogen-bond donors (Lipinski definition) is 2. The molecule has 148 valence electrons. The fraction of sp³-hybridized carbons (Fsp3) is 0.158. The standard InChI is InChI=1S/C19H19NO7S/c1-12(21)14-5-7-15(8-6-14)20-28(24,25)17-11-13(4-9-18(22)23)10-16(26-2)19(17)27-3/h4-11,20H,1-3H3,(H,22,23)/b9-4+. The molecule has 0 aromatic heterocycles. The Kier molecular flexibility index (Phi) is 6.42. The van der Waals surface area contributed by atoms with Gasteiger partial charge in [0.2, 0.25) is 0 Å². The predicted octanol–water partition coefficient (Wildman–Crippen LogP) is 2.81. The average Bonchev–Trinajstić information content (AvgIpc) is 2.65. The van der Waals surface area contributed by atoms with Crippen LogP contribution in [0.4, 0.5) is 5.69 Å². The van der Waals surface area contributed by atoms with E-state index < -0.39 is 16.0 Å². The maximum atomic E-state index is 12.9. The van der Waals surface area contributed by atoms with Crippen molar-refractivity contribution in [2.75, 3.05) is 18.9 Å². The lowest BCUT2D eigenvalue weighted by Crippen LogP contribution is -2.15. The Balaban J connectivity index is 2.51. The van der Waals surface area contributed by atoms with Gasteiger partial charge in [-0.3, -0.25) is 9.52 Å². The van der Waals surface area contributed by atoms with E-state index in [-0.39, 0.29) is 27.9 Å². The number of carbonyl (C=O) groups is 2. The summed E-state index contributed by atoms with van der Waals surface area (Å²) in [6.45, 7) is 1.41. The Labute approximate surface area is 162 Å². The SMILES string of the molecule is COc1cc(/C=C/C(=O)O)cc(S(=O)(=O)Nc2ccc(C(C)=O)cc2)c1OC. The second-order valence-electron chi connectivity index (χ2n) is 5.67. The zero-order valence-electron chi connectivity index (χ0n) is 15.4. The third-order valence-corrected chi connectivity index (χ3v) is 5.11. The number of carbonyl (C=O) groups excluding carboxylic acids is 1. The first-order valence-electron chi connectivity index (χ1n) is 7.98. The molecule has 0 saturated heterocycles. The van der Waals surface area contributed by atoms with E-state index in [1.165, 1.54) is 63.6 Å². The molecule has 0 aliphatic rings. The highest BCUT2D eigenvalue weighted by Gasteiger charge is 2.24. The van der Waals surface area contributed by atoms with E-state index in [9.17, 15) is 18.0 Å². The summed E-state index contributed by atoms with van der Waals surface area (Å²) in [5.41, 5.74) is 0.993. The lowest BCUT2D eigenvalue weighted by molar-refractivity contribution is -0.131. The number of sulfonamides is 1. The quantitative estimate of drug-likeness (QED) is 0.512. The van der Waals surface area contributed by atoms with Crippen LogP contribution in [0.5, 0.6) is 11.5 Å². The lowest BCUT2D eigenvalue weighted by Gasteiger charge is -2.15. The van der Waals surface area contributed by atoms with Gasteiger partial charge in [-0.15, -0.1) is 0 Å². The molecule has 2 rings (SSSR count). The maximum Gasteiger partial charge on any atom is 0.328 e. The van der Waals surface area contributed by atoms with E-state index in [0.29, 0.717) is 11.1 Å². The fourth-order valence-corrected chi connectivity index (χ4v) is 3.67. The Hall–Kier alpha value is -3.33. The minimum Gasteiger partial charge on any atom is -0.493 e. The van der Waals surface area contributed by atoms with Crippen LogP contribution >= 0.6 is 0 Å². The summed E-state index contributed by atoms with van der Waals surface area (Å²) in [7, 11) is -1.47. The van der Waals surface area contributed by atoms with Gasteiger partial charge in [-0.25, -0.2) is 13.2 Å². The Morgan fingerprint density at radius 3 is 2.21 bits per heavy atom. The van der Waals surface area contributed by atoms with Crippen molar-refractivity contribution in [3.63, 3.8) is 0 Å². The number of carboxylic acid groups (broad SMARTS) is 1. The lowest BCUT2D eigenvalue weighted by atomic mass is 10.1. The summed E-state index contributed by atoms with van der Waals surface area (Å²) in [5, 5.41) is 8.79. The molecule has 0 aliphatic carbocycles. The normalized spacial score (nSPS) is 11.2. The summed E-state index contributed by atoms with van der Waals surface area (Å²) < 4.78 is 38.6. The fourth-order valence-electron chi connectivity index (χ4n) is 2.40. The van der Waals surface area contributed by atoms with Gasteiger partial charge < -0.3 is 14.6 Å². The number of rotatable bonds is 8. The van der Waals surface area contributed by atoms with Gasteiger partial charge in [0, 0.05) is 17.3 Å². The first-order valence-corrected chi connectivity index (χ1v) is 9.47. The highest BCUT2D eigenvalue weighted by atomic mass is 32.2. The van der Waals surface area contributed by atoms with Crippen molar-refractivity contribution in [2.45, 2.75) is 11.8 Å². The van der Waals surface area contributed by atoms with Crippen LogP contribution < -0.4 is 14.2 Å². The second kappa shape index (κ2) is 8.57. The molecule has 0 saturated carbocycles. The largest absolute Gasteiger partial charge is 0.493 e. The molecule has 9 heteroatoms. The second-order valence-corrected chi connectivity index (χ2v) is 7.32. The van der Waals surface area contributed by atoms with Crippen molar-refractivity contribution in [3.8, 4) is 11.5 Å². The summed E-state index contributed by atoms with van der Waals surface area (Å²) in [5.74, 6) is -1.22. The Morgan fingerprint density at radius 2 is 1.71 bits per heavy atom. The zero-order valence-corrected chi connectivity index (χ0v) is 16.2. The number of anilines is 1. The van der Waals surface area contributed by atoms with E-state index in [2.05, 4.69) is 4.72 Å².